The average Bonchev–Trinajstić information content (AvgIpc) is 3.21. The standard InChI is InChI=1S/C23H15F3N4O/c1-27-18-7-9-19(10-8-18)29(2)22(31)16-11-12-30-21(13-16)20(14-28-30)15-3-5-17(6-4-15)23(24,25)26/h3-14H,2H3. The topological polar surface area (TPSA) is 42.0 Å². The predicted octanol–water partition coefficient (Wildman–Crippen LogP) is 5.85. The molecular weight excluding hydrogens is 405 g/mol. The molecule has 154 valence electrons. The molecule has 2 heterocycles. The molecule has 0 unspecified atom stereocenters. The van der Waals surface area contributed by atoms with E-state index in [0.717, 1.165) is 12.1 Å². The van der Waals surface area contributed by atoms with Gasteiger partial charge in [-0.15, -0.1) is 0 Å². The lowest BCUT2D eigenvalue weighted by Gasteiger charge is -2.17. The van der Waals surface area contributed by atoms with Crippen LogP contribution in [-0.2, 0) is 6.18 Å². The summed E-state index contributed by atoms with van der Waals surface area (Å²) in [5.74, 6) is -0.266. The number of aromatic nitrogens is 2. The lowest BCUT2D eigenvalue weighted by Crippen LogP contribution is -2.26. The van der Waals surface area contributed by atoms with Crippen molar-refractivity contribution in [3.8, 4) is 11.1 Å². The highest BCUT2D eigenvalue weighted by Gasteiger charge is 2.30. The van der Waals surface area contributed by atoms with Crippen LogP contribution in [0, 0.1) is 6.57 Å². The number of carbonyl (C=O) groups excluding carboxylic acids is 1. The summed E-state index contributed by atoms with van der Waals surface area (Å²) in [6, 6.07) is 14.8. The van der Waals surface area contributed by atoms with Gasteiger partial charge < -0.3 is 4.90 Å². The zero-order valence-electron chi connectivity index (χ0n) is 16.3. The lowest BCUT2D eigenvalue weighted by molar-refractivity contribution is -0.137. The molecule has 4 aromatic rings. The fourth-order valence-corrected chi connectivity index (χ4v) is 3.24. The number of pyridine rings is 1. The fourth-order valence-electron chi connectivity index (χ4n) is 3.24. The van der Waals surface area contributed by atoms with E-state index in [4.69, 9.17) is 6.57 Å². The van der Waals surface area contributed by atoms with E-state index in [1.54, 1.807) is 60.4 Å². The Balaban J connectivity index is 1.67. The molecule has 4 rings (SSSR count). The molecule has 0 radical (unpaired) electrons. The van der Waals surface area contributed by atoms with Crippen LogP contribution < -0.4 is 4.90 Å². The summed E-state index contributed by atoms with van der Waals surface area (Å²) in [6.07, 6.45) is -1.22. The number of alkyl halides is 3. The highest BCUT2D eigenvalue weighted by atomic mass is 19.4. The molecule has 1 amide bonds. The van der Waals surface area contributed by atoms with Crippen molar-refractivity contribution in [2.45, 2.75) is 6.18 Å². The summed E-state index contributed by atoms with van der Waals surface area (Å²) in [5.41, 5.74) is 2.57. The van der Waals surface area contributed by atoms with Crippen LogP contribution >= 0.6 is 0 Å². The van der Waals surface area contributed by atoms with Gasteiger partial charge in [0.2, 0.25) is 0 Å². The minimum Gasteiger partial charge on any atom is -0.312 e. The van der Waals surface area contributed by atoms with Crippen LogP contribution in [0.25, 0.3) is 21.5 Å². The molecule has 0 bridgehead atoms. The molecule has 0 spiro atoms. The average molecular weight is 420 g/mol. The maximum Gasteiger partial charge on any atom is 0.416 e. The SMILES string of the molecule is [C-]#[N+]c1ccc(N(C)C(=O)c2ccn3ncc(-c4ccc(C(F)(F)F)cc4)c3c2)cc1. The number of halogens is 3. The maximum absolute atomic E-state index is 13.0. The van der Waals surface area contributed by atoms with Gasteiger partial charge in [-0.1, -0.05) is 24.3 Å². The minimum absolute atomic E-state index is 0.266. The van der Waals surface area contributed by atoms with Crippen LogP contribution in [0.4, 0.5) is 24.5 Å². The third-order valence-corrected chi connectivity index (χ3v) is 4.96. The Morgan fingerprint density at radius 3 is 2.35 bits per heavy atom. The van der Waals surface area contributed by atoms with Gasteiger partial charge in [0, 0.05) is 30.1 Å². The van der Waals surface area contributed by atoms with Crippen molar-refractivity contribution in [1.82, 2.24) is 9.61 Å². The van der Waals surface area contributed by atoms with Gasteiger partial charge in [0.25, 0.3) is 5.91 Å². The van der Waals surface area contributed by atoms with Gasteiger partial charge in [-0.25, -0.2) is 9.36 Å². The fraction of sp³-hybridized carbons (Fsp3) is 0.0870. The molecule has 5 nitrogen and oxygen atoms in total. The smallest absolute Gasteiger partial charge is 0.312 e. The Kier molecular flexibility index (Phi) is 4.95. The number of rotatable bonds is 3. The van der Waals surface area contributed by atoms with Crippen LogP contribution in [0.5, 0.6) is 0 Å². The van der Waals surface area contributed by atoms with Crippen molar-refractivity contribution in [2.75, 3.05) is 11.9 Å². The number of hydrogen-bond acceptors (Lipinski definition) is 2. The first-order valence-corrected chi connectivity index (χ1v) is 9.18. The Labute approximate surface area is 175 Å². The predicted molar refractivity (Wildman–Crippen MR) is 111 cm³/mol. The van der Waals surface area contributed by atoms with E-state index in [0.29, 0.717) is 33.6 Å². The van der Waals surface area contributed by atoms with E-state index in [9.17, 15) is 18.0 Å². The molecule has 0 aliphatic rings. The summed E-state index contributed by atoms with van der Waals surface area (Å²) in [7, 11) is 1.63. The Morgan fingerprint density at radius 2 is 1.74 bits per heavy atom. The van der Waals surface area contributed by atoms with Gasteiger partial charge in [0.1, 0.15) is 0 Å². The zero-order valence-corrected chi connectivity index (χ0v) is 16.3. The number of anilines is 1. The number of fused-ring (bicyclic) bond motifs is 1. The minimum atomic E-state index is -4.41. The molecule has 2 aromatic carbocycles. The molecule has 8 heteroatoms. The molecule has 0 saturated heterocycles. The highest BCUT2D eigenvalue weighted by Crippen LogP contribution is 2.32. The first-order valence-electron chi connectivity index (χ1n) is 9.18. The monoisotopic (exact) mass is 420 g/mol. The summed E-state index contributed by atoms with van der Waals surface area (Å²) in [6.45, 7) is 7.02. The summed E-state index contributed by atoms with van der Waals surface area (Å²) >= 11 is 0. The molecule has 0 fully saturated rings. The van der Waals surface area contributed by atoms with Gasteiger partial charge in [-0.2, -0.15) is 18.3 Å². The molecular formula is C23H15F3N4O. The third-order valence-electron chi connectivity index (χ3n) is 4.96. The van der Waals surface area contributed by atoms with Crippen LogP contribution in [-0.4, -0.2) is 22.6 Å². The van der Waals surface area contributed by atoms with Gasteiger partial charge in [-0.3, -0.25) is 4.79 Å². The van der Waals surface area contributed by atoms with Crippen molar-refractivity contribution in [2.24, 2.45) is 0 Å². The van der Waals surface area contributed by atoms with Crippen molar-refractivity contribution < 1.29 is 18.0 Å². The van der Waals surface area contributed by atoms with Crippen LogP contribution in [0.2, 0.25) is 0 Å². The number of benzene rings is 2. The zero-order chi connectivity index (χ0) is 22.2. The summed E-state index contributed by atoms with van der Waals surface area (Å²) in [5, 5.41) is 4.23. The molecule has 0 atom stereocenters. The number of hydrogen-bond donors (Lipinski definition) is 0. The maximum atomic E-state index is 13.0. The van der Waals surface area contributed by atoms with Crippen molar-refractivity contribution >= 4 is 22.8 Å². The Bertz CT molecular complexity index is 1300. The van der Waals surface area contributed by atoms with Crippen LogP contribution in [0.15, 0.2) is 73.1 Å². The second kappa shape index (κ2) is 7.61. The number of amides is 1. The summed E-state index contributed by atoms with van der Waals surface area (Å²) in [4.78, 5) is 17.8. The normalized spacial score (nSPS) is 11.3. The van der Waals surface area contributed by atoms with Crippen LogP contribution in [0.3, 0.4) is 0 Å². The van der Waals surface area contributed by atoms with E-state index in [2.05, 4.69) is 9.94 Å². The first-order chi connectivity index (χ1) is 14.8. The van der Waals surface area contributed by atoms with Gasteiger partial charge in [0.15, 0.2) is 5.69 Å². The van der Waals surface area contributed by atoms with Gasteiger partial charge >= 0.3 is 6.18 Å². The van der Waals surface area contributed by atoms with Crippen LogP contribution in [0.1, 0.15) is 15.9 Å². The van der Waals surface area contributed by atoms with E-state index in [1.807, 2.05) is 0 Å². The van der Waals surface area contributed by atoms with Crippen molar-refractivity contribution in [3.63, 3.8) is 0 Å². The first kappa shape index (κ1) is 20.2. The van der Waals surface area contributed by atoms with E-state index in [1.165, 1.54) is 17.0 Å². The molecule has 2 aromatic heterocycles. The third kappa shape index (κ3) is 3.85. The van der Waals surface area contributed by atoms with Gasteiger partial charge in [0.05, 0.1) is 23.8 Å². The molecule has 0 aliphatic heterocycles. The Morgan fingerprint density at radius 1 is 1.06 bits per heavy atom. The molecule has 0 N–H and O–H groups in total. The van der Waals surface area contributed by atoms with E-state index in [-0.39, 0.29) is 5.91 Å². The second-order valence-electron chi connectivity index (χ2n) is 6.87. The highest BCUT2D eigenvalue weighted by molar-refractivity contribution is 6.06. The quantitative estimate of drug-likeness (QED) is 0.390. The summed E-state index contributed by atoms with van der Waals surface area (Å²) < 4.78 is 40.1. The number of carbonyl (C=O) groups is 1. The lowest BCUT2D eigenvalue weighted by atomic mass is 10.0. The van der Waals surface area contributed by atoms with Crippen molar-refractivity contribution in [1.29, 1.82) is 0 Å². The molecule has 0 aliphatic carbocycles. The molecule has 0 saturated carbocycles. The number of nitrogens with zero attached hydrogens (tertiary/aromatic N) is 4. The largest absolute Gasteiger partial charge is 0.416 e. The van der Waals surface area contributed by atoms with Gasteiger partial charge in [-0.05, 0) is 42.0 Å². The second-order valence-corrected chi connectivity index (χ2v) is 6.87. The van der Waals surface area contributed by atoms with Crippen molar-refractivity contribution in [3.05, 3.63) is 95.6 Å². The van der Waals surface area contributed by atoms with E-state index >= 15 is 0 Å². The molecule has 31 heavy (non-hydrogen) atoms. The van der Waals surface area contributed by atoms with E-state index < -0.39 is 11.7 Å². The Hall–Kier alpha value is -4.12.